The molecule has 0 radical (unpaired) electrons. The summed E-state index contributed by atoms with van der Waals surface area (Å²) in [6.07, 6.45) is -2.26. The molecule has 0 aromatic heterocycles. The topological polar surface area (TPSA) is 29.5 Å². The van der Waals surface area contributed by atoms with Gasteiger partial charge in [0.2, 0.25) is 0 Å². The maximum absolute atomic E-state index is 12.4. The highest BCUT2D eigenvalue weighted by molar-refractivity contribution is 5.35. The van der Waals surface area contributed by atoms with E-state index in [4.69, 9.17) is 0 Å². The predicted molar refractivity (Wildman–Crippen MR) is 71.4 cm³/mol. The summed E-state index contributed by atoms with van der Waals surface area (Å²) in [6, 6.07) is 5.79. The van der Waals surface area contributed by atoms with Gasteiger partial charge in [0, 0.05) is 5.56 Å². The van der Waals surface area contributed by atoms with Crippen LogP contribution in [0.2, 0.25) is 0 Å². The molecule has 1 aromatic rings. The van der Waals surface area contributed by atoms with Gasteiger partial charge in [-0.15, -0.1) is 13.2 Å². The number of unbranched alkanes of at least 4 members (excludes halogenated alkanes) is 1. The smallest absolute Gasteiger partial charge is 0.405 e. The van der Waals surface area contributed by atoms with Crippen LogP contribution in [0.4, 0.5) is 13.2 Å². The van der Waals surface area contributed by atoms with Crippen molar-refractivity contribution in [2.24, 2.45) is 5.92 Å². The van der Waals surface area contributed by atoms with Crippen molar-refractivity contribution in [3.63, 3.8) is 0 Å². The summed E-state index contributed by atoms with van der Waals surface area (Å²) in [7, 11) is 0. The third-order valence-corrected chi connectivity index (χ3v) is 3.36. The Labute approximate surface area is 117 Å². The minimum absolute atomic E-state index is 0.0621. The summed E-state index contributed by atoms with van der Waals surface area (Å²) in [5, 5.41) is 10.3. The maximum Gasteiger partial charge on any atom is 0.573 e. The van der Waals surface area contributed by atoms with E-state index in [9.17, 15) is 18.3 Å². The van der Waals surface area contributed by atoms with Crippen LogP contribution in [0.1, 0.15) is 51.2 Å². The SMILES string of the molecule is CCCCC(CC)C(O)c1ccccc1OC(F)(F)F. The Hall–Kier alpha value is -1.23. The van der Waals surface area contributed by atoms with E-state index in [1.54, 1.807) is 6.07 Å². The van der Waals surface area contributed by atoms with Gasteiger partial charge in [-0.25, -0.2) is 0 Å². The Kier molecular flexibility index (Phi) is 6.33. The lowest BCUT2D eigenvalue weighted by Gasteiger charge is -2.24. The van der Waals surface area contributed by atoms with Crippen LogP contribution < -0.4 is 4.74 Å². The molecule has 2 unspecified atom stereocenters. The summed E-state index contributed by atoms with van der Waals surface area (Å²) < 4.78 is 41.1. The molecule has 0 aliphatic carbocycles. The Morgan fingerprint density at radius 1 is 1.20 bits per heavy atom. The second-order valence-electron chi connectivity index (χ2n) is 4.84. The van der Waals surface area contributed by atoms with Gasteiger partial charge >= 0.3 is 6.36 Å². The molecule has 114 valence electrons. The molecule has 0 saturated carbocycles. The van der Waals surface area contributed by atoms with Gasteiger partial charge in [0.15, 0.2) is 0 Å². The lowest BCUT2D eigenvalue weighted by molar-refractivity contribution is -0.275. The minimum atomic E-state index is -4.75. The lowest BCUT2D eigenvalue weighted by atomic mass is 9.89. The predicted octanol–water partition coefficient (Wildman–Crippen LogP) is 4.84. The number of aliphatic hydroxyl groups excluding tert-OH is 1. The number of para-hydroxylation sites is 1. The summed E-state index contributed by atoms with van der Waals surface area (Å²) in [6.45, 7) is 3.97. The fourth-order valence-corrected chi connectivity index (χ4v) is 2.25. The highest BCUT2D eigenvalue weighted by Crippen LogP contribution is 2.36. The fraction of sp³-hybridized carbons (Fsp3) is 0.600. The van der Waals surface area contributed by atoms with Crippen molar-refractivity contribution < 1.29 is 23.0 Å². The van der Waals surface area contributed by atoms with Crippen LogP contribution in [0.15, 0.2) is 24.3 Å². The van der Waals surface area contributed by atoms with Crippen LogP contribution in [0, 0.1) is 5.92 Å². The minimum Gasteiger partial charge on any atom is -0.405 e. The summed E-state index contributed by atoms with van der Waals surface area (Å²) in [4.78, 5) is 0. The molecule has 0 aliphatic heterocycles. The number of benzene rings is 1. The van der Waals surface area contributed by atoms with Crippen molar-refractivity contribution in [3.05, 3.63) is 29.8 Å². The second-order valence-corrected chi connectivity index (χ2v) is 4.84. The third kappa shape index (κ3) is 5.04. The van der Waals surface area contributed by atoms with Crippen molar-refractivity contribution in [1.29, 1.82) is 0 Å². The van der Waals surface area contributed by atoms with Crippen molar-refractivity contribution in [2.45, 2.75) is 52.0 Å². The Morgan fingerprint density at radius 3 is 2.40 bits per heavy atom. The van der Waals surface area contributed by atoms with Gasteiger partial charge in [-0.3, -0.25) is 0 Å². The normalized spacial score (nSPS) is 14.9. The molecule has 5 heteroatoms. The number of hydrogen-bond acceptors (Lipinski definition) is 2. The molecule has 0 bridgehead atoms. The number of halogens is 3. The molecule has 0 aliphatic rings. The van der Waals surface area contributed by atoms with E-state index in [2.05, 4.69) is 4.74 Å². The van der Waals surface area contributed by atoms with Gasteiger partial charge in [-0.1, -0.05) is 51.3 Å². The van der Waals surface area contributed by atoms with E-state index >= 15 is 0 Å². The quantitative estimate of drug-likeness (QED) is 0.779. The molecule has 1 aromatic carbocycles. The molecular formula is C15H21F3O2. The molecular weight excluding hydrogens is 269 g/mol. The molecule has 1 rings (SSSR count). The molecule has 0 heterocycles. The van der Waals surface area contributed by atoms with Crippen molar-refractivity contribution in [3.8, 4) is 5.75 Å². The average molecular weight is 290 g/mol. The van der Waals surface area contributed by atoms with E-state index in [1.807, 2.05) is 13.8 Å². The maximum atomic E-state index is 12.4. The van der Waals surface area contributed by atoms with Gasteiger partial charge in [-0.05, 0) is 18.4 Å². The molecule has 2 atom stereocenters. The third-order valence-electron chi connectivity index (χ3n) is 3.36. The van der Waals surface area contributed by atoms with Crippen molar-refractivity contribution in [2.75, 3.05) is 0 Å². The molecule has 1 N–H and O–H groups in total. The standard InChI is InChI=1S/C15H21F3O2/c1-3-5-8-11(4-2)14(19)12-9-6-7-10-13(12)20-15(16,17)18/h6-7,9-11,14,19H,3-5,8H2,1-2H3. The Balaban J connectivity index is 2.93. The molecule has 0 saturated heterocycles. The van der Waals surface area contributed by atoms with Crippen LogP contribution in [0.25, 0.3) is 0 Å². The monoisotopic (exact) mass is 290 g/mol. The van der Waals surface area contributed by atoms with E-state index in [1.165, 1.54) is 18.2 Å². The summed E-state index contributed by atoms with van der Waals surface area (Å²) in [5.74, 6) is -0.379. The molecule has 0 fully saturated rings. The van der Waals surface area contributed by atoms with Gasteiger partial charge in [0.1, 0.15) is 5.75 Å². The van der Waals surface area contributed by atoms with Crippen molar-refractivity contribution >= 4 is 0 Å². The van der Waals surface area contributed by atoms with Crippen LogP contribution in [0.5, 0.6) is 5.75 Å². The average Bonchev–Trinajstić information content (AvgIpc) is 2.38. The highest BCUT2D eigenvalue weighted by Gasteiger charge is 2.33. The zero-order chi connectivity index (χ0) is 15.2. The highest BCUT2D eigenvalue weighted by atomic mass is 19.4. The molecule has 0 spiro atoms. The lowest BCUT2D eigenvalue weighted by Crippen LogP contribution is -2.20. The van der Waals surface area contributed by atoms with Gasteiger partial charge in [-0.2, -0.15) is 0 Å². The fourth-order valence-electron chi connectivity index (χ4n) is 2.25. The zero-order valence-corrected chi connectivity index (χ0v) is 11.8. The first-order valence-corrected chi connectivity index (χ1v) is 6.91. The van der Waals surface area contributed by atoms with Gasteiger partial charge in [0.05, 0.1) is 6.10 Å². The zero-order valence-electron chi connectivity index (χ0n) is 11.8. The summed E-state index contributed by atoms with van der Waals surface area (Å²) >= 11 is 0. The van der Waals surface area contributed by atoms with E-state index < -0.39 is 12.5 Å². The Bertz CT molecular complexity index is 404. The number of rotatable bonds is 7. The first kappa shape index (κ1) is 16.8. The second kappa shape index (κ2) is 7.53. The van der Waals surface area contributed by atoms with Gasteiger partial charge in [0.25, 0.3) is 0 Å². The number of aliphatic hydroxyl groups is 1. The Morgan fingerprint density at radius 2 is 1.85 bits per heavy atom. The first-order chi connectivity index (χ1) is 9.39. The van der Waals surface area contributed by atoms with E-state index in [-0.39, 0.29) is 17.2 Å². The summed E-state index contributed by atoms with van der Waals surface area (Å²) in [5.41, 5.74) is 0.202. The van der Waals surface area contributed by atoms with Crippen LogP contribution in [-0.4, -0.2) is 11.5 Å². The molecule has 2 nitrogen and oxygen atoms in total. The molecule has 20 heavy (non-hydrogen) atoms. The number of alkyl halides is 3. The first-order valence-electron chi connectivity index (χ1n) is 6.91. The van der Waals surface area contributed by atoms with Gasteiger partial charge < -0.3 is 9.84 Å². The number of ether oxygens (including phenoxy) is 1. The van der Waals surface area contributed by atoms with E-state index in [0.717, 1.165) is 19.3 Å². The van der Waals surface area contributed by atoms with Crippen LogP contribution >= 0.6 is 0 Å². The molecule has 0 amide bonds. The van der Waals surface area contributed by atoms with Crippen LogP contribution in [-0.2, 0) is 0 Å². The van der Waals surface area contributed by atoms with E-state index in [0.29, 0.717) is 6.42 Å². The number of hydrogen-bond donors (Lipinski definition) is 1. The van der Waals surface area contributed by atoms with Crippen molar-refractivity contribution in [1.82, 2.24) is 0 Å². The largest absolute Gasteiger partial charge is 0.573 e. The van der Waals surface area contributed by atoms with Crippen LogP contribution in [0.3, 0.4) is 0 Å².